The molecule has 2 aromatic carbocycles. The standard InChI is InChI=1S/C20H15F5N2O/c1-18(27-17(28)19(21,22)20(23,24)25)10-14-8-7-12(11-26)9-15(14)16(18)13-5-3-2-4-6-13/h2-9,16H,10H2,1H3,(H,27,28)/t16-,18+/m1/s1. The van der Waals surface area contributed by atoms with Gasteiger partial charge in [-0.25, -0.2) is 0 Å². The molecule has 0 aromatic heterocycles. The van der Waals surface area contributed by atoms with Crippen molar-refractivity contribution in [1.29, 1.82) is 5.26 Å². The van der Waals surface area contributed by atoms with Gasteiger partial charge in [0.1, 0.15) is 0 Å². The van der Waals surface area contributed by atoms with E-state index in [-0.39, 0.29) is 6.42 Å². The summed E-state index contributed by atoms with van der Waals surface area (Å²) >= 11 is 0. The lowest BCUT2D eigenvalue weighted by Crippen LogP contribution is -2.58. The predicted octanol–water partition coefficient (Wildman–Crippen LogP) is 4.32. The molecule has 146 valence electrons. The number of amides is 1. The van der Waals surface area contributed by atoms with E-state index in [9.17, 15) is 26.7 Å². The summed E-state index contributed by atoms with van der Waals surface area (Å²) in [5.41, 5.74) is 0.823. The quantitative estimate of drug-likeness (QED) is 0.789. The van der Waals surface area contributed by atoms with Crippen LogP contribution in [0.15, 0.2) is 48.5 Å². The zero-order chi connectivity index (χ0) is 20.7. The summed E-state index contributed by atoms with van der Waals surface area (Å²) in [5, 5.41) is 11.1. The van der Waals surface area contributed by atoms with Crippen LogP contribution in [-0.2, 0) is 11.2 Å². The van der Waals surface area contributed by atoms with Gasteiger partial charge < -0.3 is 5.32 Å². The largest absolute Gasteiger partial charge is 0.463 e. The van der Waals surface area contributed by atoms with Gasteiger partial charge in [-0.2, -0.15) is 27.2 Å². The van der Waals surface area contributed by atoms with Gasteiger partial charge in [-0.05, 0) is 42.2 Å². The minimum atomic E-state index is -5.99. The molecular weight excluding hydrogens is 379 g/mol. The summed E-state index contributed by atoms with van der Waals surface area (Å²) in [5.74, 6) is -8.59. The molecule has 3 nitrogen and oxygen atoms in total. The average molecular weight is 394 g/mol. The summed E-state index contributed by atoms with van der Waals surface area (Å²) < 4.78 is 64.9. The minimum Gasteiger partial charge on any atom is -0.344 e. The summed E-state index contributed by atoms with van der Waals surface area (Å²) in [7, 11) is 0. The molecular formula is C20H15F5N2O. The highest BCUT2D eigenvalue weighted by Crippen LogP contribution is 2.46. The molecule has 1 aliphatic carbocycles. The first kappa shape index (κ1) is 19.8. The number of carbonyl (C=O) groups excluding carboxylic acids is 1. The second-order valence-corrected chi connectivity index (χ2v) is 6.99. The van der Waals surface area contributed by atoms with Crippen LogP contribution in [0, 0.1) is 11.3 Å². The molecule has 0 spiro atoms. The molecule has 2 aromatic rings. The SMILES string of the molecule is C[C@]1(NC(=O)C(F)(F)C(F)(F)F)Cc2ccc(C#N)cc2[C@H]1c1ccccc1. The van der Waals surface area contributed by atoms with Crippen LogP contribution < -0.4 is 5.32 Å². The normalized spacial score (nSPS) is 21.7. The zero-order valence-corrected chi connectivity index (χ0v) is 14.6. The summed E-state index contributed by atoms with van der Waals surface area (Å²) in [6.07, 6.45) is -5.94. The lowest BCUT2D eigenvalue weighted by molar-refractivity contribution is -0.270. The summed E-state index contributed by atoms with van der Waals surface area (Å²) in [6.45, 7) is 1.43. The molecule has 1 aliphatic rings. The molecule has 0 radical (unpaired) electrons. The van der Waals surface area contributed by atoms with Crippen molar-refractivity contribution in [2.75, 3.05) is 0 Å². The first-order valence-corrected chi connectivity index (χ1v) is 8.34. The first-order chi connectivity index (χ1) is 13.0. The number of rotatable bonds is 3. The fourth-order valence-corrected chi connectivity index (χ4v) is 3.71. The van der Waals surface area contributed by atoms with Gasteiger partial charge >= 0.3 is 18.0 Å². The van der Waals surface area contributed by atoms with E-state index >= 15 is 0 Å². The lowest BCUT2D eigenvalue weighted by Gasteiger charge is -2.35. The highest BCUT2D eigenvalue weighted by molar-refractivity contribution is 5.85. The van der Waals surface area contributed by atoms with Crippen molar-refractivity contribution in [1.82, 2.24) is 5.32 Å². The van der Waals surface area contributed by atoms with E-state index in [4.69, 9.17) is 5.26 Å². The van der Waals surface area contributed by atoms with Crippen LogP contribution in [0.4, 0.5) is 22.0 Å². The number of benzene rings is 2. The van der Waals surface area contributed by atoms with Crippen molar-refractivity contribution in [3.8, 4) is 6.07 Å². The third kappa shape index (κ3) is 3.21. The van der Waals surface area contributed by atoms with Crippen LogP contribution >= 0.6 is 0 Å². The molecule has 0 bridgehead atoms. The monoisotopic (exact) mass is 394 g/mol. The van der Waals surface area contributed by atoms with Gasteiger partial charge in [0.2, 0.25) is 0 Å². The second-order valence-electron chi connectivity index (χ2n) is 6.99. The van der Waals surface area contributed by atoms with Gasteiger partial charge in [-0.3, -0.25) is 4.79 Å². The van der Waals surface area contributed by atoms with Crippen molar-refractivity contribution < 1.29 is 26.7 Å². The predicted molar refractivity (Wildman–Crippen MR) is 90.7 cm³/mol. The highest BCUT2D eigenvalue weighted by Gasteiger charge is 2.64. The van der Waals surface area contributed by atoms with E-state index in [1.54, 1.807) is 48.5 Å². The van der Waals surface area contributed by atoms with Crippen molar-refractivity contribution in [2.24, 2.45) is 0 Å². The Morgan fingerprint density at radius 1 is 1.14 bits per heavy atom. The van der Waals surface area contributed by atoms with E-state index in [1.165, 1.54) is 6.92 Å². The van der Waals surface area contributed by atoms with Crippen molar-refractivity contribution in [2.45, 2.75) is 36.9 Å². The average Bonchev–Trinajstić information content (AvgIpc) is 2.91. The molecule has 1 amide bonds. The molecule has 2 atom stereocenters. The number of nitrogens with zero attached hydrogens (tertiary/aromatic N) is 1. The smallest absolute Gasteiger partial charge is 0.344 e. The van der Waals surface area contributed by atoms with Crippen molar-refractivity contribution in [3.63, 3.8) is 0 Å². The number of hydrogen-bond donors (Lipinski definition) is 1. The topological polar surface area (TPSA) is 52.9 Å². The summed E-state index contributed by atoms with van der Waals surface area (Å²) in [6, 6.07) is 15.3. The molecule has 0 heterocycles. The second kappa shape index (κ2) is 6.59. The Balaban J connectivity index is 2.07. The number of nitrogens with one attached hydrogen (secondary N) is 1. The maximum absolute atomic E-state index is 13.5. The minimum absolute atomic E-state index is 0.0489. The number of hydrogen-bond acceptors (Lipinski definition) is 2. The van der Waals surface area contributed by atoms with E-state index < -0.39 is 29.5 Å². The van der Waals surface area contributed by atoms with E-state index in [2.05, 4.69) is 0 Å². The van der Waals surface area contributed by atoms with Gasteiger partial charge in [0.15, 0.2) is 0 Å². The number of nitriles is 1. The molecule has 0 fully saturated rings. The fourth-order valence-electron chi connectivity index (χ4n) is 3.71. The molecule has 0 saturated carbocycles. The lowest BCUT2D eigenvalue weighted by atomic mass is 9.80. The molecule has 3 rings (SSSR count). The van der Waals surface area contributed by atoms with Crippen LogP contribution in [0.25, 0.3) is 0 Å². The first-order valence-electron chi connectivity index (χ1n) is 8.34. The molecule has 0 unspecified atom stereocenters. The van der Waals surface area contributed by atoms with Crippen molar-refractivity contribution in [3.05, 3.63) is 70.8 Å². The summed E-state index contributed by atoms with van der Waals surface area (Å²) in [4.78, 5) is 11.9. The van der Waals surface area contributed by atoms with Crippen LogP contribution in [0.1, 0.15) is 35.1 Å². The Labute approximate surface area is 157 Å². The number of carbonyl (C=O) groups is 1. The van der Waals surface area contributed by atoms with Crippen LogP contribution in [-0.4, -0.2) is 23.5 Å². The number of halogens is 5. The van der Waals surface area contributed by atoms with Gasteiger partial charge in [-0.15, -0.1) is 0 Å². The zero-order valence-electron chi connectivity index (χ0n) is 14.6. The van der Waals surface area contributed by atoms with Crippen LogP contribution in [0.5, 0.6) is 0 Å². The van der Waals surface area contributed by atoms with E-state index in [0.717, 1.165) is 0 Å². The third-order valence-electron chi connectivity index (χ3n) is 4.95. The van der Waals surface area contributed by atoms with Crippen LogP contribution in [0.3, 0.4) is 0 Å². The van der Waals surface area contributed by atoms with Crippen molar-refractivity contribution >= 4 is 5.91 Å². The Hall–Kier alpha value is -2.95. The number of fused-ring (bicyclic) bond motifs is 1. The molecule has 0 aliphatic heterocycles. The Morgan fingerprint density at radius 3 is 2.36 bits per heavy atom. The Morgan fingerprint density at radius 2 is 1.79 bits per heavy atom. The maximum Gasteiger partial charge on any atom is 0.463 e. The van der Waals surface area contributed by atoms with Gasteiger partial charge in [0.05, 0.1) is 17.2 Å². The molecule has 8 heteroatoms. The molecule has 1 N–H and O–H groups in total. The molecule has 0 saturated heterocycles. The van der Waals surface area contributed by atoms with Gasteiger partial charge in [0.25, 0.3) is 0 Å². The molecule has 28 heavy (non-hydrogen) atoms. The van der Waals surface area contributed by atoms with Crippen LogP contribution in [0.2, 0.25) is 0 Å². The van der Waals surface area contributed by atoms with E-state index in [1.807, 2.05) is 11.4 Å². The third-order valence-corrected chi connectivity index (χ3v) is 4.95. The number of alkyl halides is 5. The Bertz CT molecular complexity index is 949. The van der Waals surface area contributed by atoms with Gasteiger partial charge in [0, 0.05) is 5.92 Å². The van der Waals surface area contributed by atoms with E-state index in [0.29, 0.717) is 22.3 Å². The highest BCUT2D eigenvalue weighted by atomic mass is 19.4. The van der Waals surface area contributed by atoms with Gasteiger partial charge in [-0.1, -0.05) is 36.4 Å². The maximum atomic E-state index is 13.5. The fraction of sp³-hybridized carbons (Fsp3) is 0.300. The Kier molecular flexibility index (Phi) is 4.66.